The van der Waals surface area contributed by atoms with Gasteiger partial charge in [0.25, 0.3) is 0 Å². The van der Waals surface area contributed by atoms with Crippen LogP contribution in [0.3, 0.4) is 0 Å². The molecular weight excluding hydrogens is 342 g/mol. The molecule has 0 aliphatic carbocycles. The average Bonchev–Trinajstić information content (AvgIpc) is 2.71. The number of piperazine rings is 1. The van der Waals surface area contributed by atoms with Crippen LogP contribution in [0.4, 0.5) is 17.2 Å². The maximum absolute atomic E-state index is 6.41. The number of rotatable bonds is 4. The Morgan fingerprint density at radius 2 is 1.38 bits per heavy atom. The lowest BCUT2D eigenvalue weighted by Gasteiger charge is -2.37. The van der Waals surface area contributed by atoms with E-state index in [0.717, 1.165) is 41.9 Å². The topological polar surface area (TPSA) is 58.3 Å². The highest BCUT2D eigenvalue weighted by Crippen LogP contribution is 2.34. The second-order valence-electron chi connectivity index (χ2n) is 6.14. The fourth-order valence-corrected chi connectivity index (χ4v) is 3.94. The zero-order valence-electron chi connectivity index (χ0n) is 14.5. The van der Waals surface area contributed by atoms with E-state index < -0.39 is 0 Å². The summed E-state index contributed by atoms with van der Waals surface area (Å²) in [5.74, 6) is 0.839. The van der Waals surface area contributed by atoms with Gasteiger partial charge in [-0.1, -0.05) is 48.2 Å². The summed E-state index contributed by atoms with van der Waals surface area (Å²) in [6.45, 7) is 3.69. The summed E-state index contributed by atoms with van der Waals surface area (Å²) in [6, 6.07) is 20.7. The van der Waals surface area contributed by atoms with Crippen molar-refractivity contribution in [3.63, 3.8) is 0 Å². The Labute approximate surface area is 157 Å². The number of hydrogen-bond acceptors (Lipinski definition) is 6. The van der Waals surface area contributed by atoms with Gasteiger partial charge in [0.2, 0.25) is 0 Å². The third-order valence-corrected chi connectivity index (χ3v) is 5.51. The zero-order valence-corrected chi connectivity index (χ0v) is 15.3. The standard InChI is InChI=1S/C20H21N5S/c21-18-19(22-15-23-20(18)26-17-9-5-2-6-10-17)25-13-11-24(12-14-25)16-7-3-1-4-8-16/h1-10,15H,11-14,21H2. The number of nitrogens with zero attached hydrogens (tertiary/aromatic N) is 4. The molecule has 26 heavy (non-hydrogen) atoms. The lowest BCUT2D eigenvalue weighted by molar-refractivity contribution is 0.646. The number of benzene rings is 2. The van der Waals surface area contributed by atoms with Crippen molar-refractivity contribution in [3.05, 3.63) is 67.0 Å². The maximum atomic E-state index is 6.41. The second kappa shape index (κ2) is 7.66. The molecule has 0 bridgehead atoms. The van der Waals surface area contributed by atoms with Crippen molar-refractivity contribution >= 4 is 29.0 Å². The molecule has 2 N–H and O–H groups in total. The minimum absolute atomic E-state index is 0.662. The van der Waals surface area contributed by atoms with Crippen LogP contribution >= 0.6 is 11.8 Å². The first-order valence-corrected chi connectivity index (χ1v) is 9.51. The normalized spacial score (nSPS) is 14.5. The molecule has 1 fully saturated rings. The summed E-state index contributed by atoms with van der Waals surface area (Å²) < 4.78 is 0. The molecule has 4 rings (SSSR count). The molecule has 1 aliphatic rings. The van der Waals surface area contributed by atoms with E-state index in [1.807, 2.05) is 24.3 Å². The van der Waals surface area contributed by atoms with Crippen molar-refractivity contribution in [2.75, 3.05) is 41.7 Å². The predicted molar refractivity (Wildman–Crippen MR) is 108 cm³/mol. The molecule has 1 aliphatic heterocycles. The Kier molecular flexibility index (Phi) is 4.93. The van der Waals surface area contributed by atoms with Gasteiger partial charge in [-0.05, 0) is 24.3 Å². The quantitative estimate of drug-likeness (QED) is 0.716. The summed E-state index contributed by atoms with van der Waals surface area (Å²) >= 11 is 1.58. The highest BCUT2D eigenvalue weighted by Gasteiger charge is 2.21. The smallest absolute Gasteiger partial charge is 0.156 e. The second-order valence-corrected chi connectivity index (χ2v) is 7.20. The first-order valence-electron chi connectivity index (χ1n) is 8.69. The molecule has 0 atom stereocenters. The first kappa shape index (κ1) is 16.7. The molecule has 0 radical (unpaired) electrons. The lowest BCUT2D eigenvalue weighted by Crippen LogP contribution is -2.47. The van der Waals surface area contributed by atoms with Crippen molar-refractivity contribution < 1.29 is 0 Å². The van der Waals surface area contributed by atoms with E-state index in [9.17, 15) is 0 Å². The van der Waals surface area contributed by atoms with Crippen molar-refractivity contribution in [3.8, 4) is 0 Å². The van der Waals surface area contributed by atoms with Crippen LogP contribution in [0, 0.1) is 0 Å². The van der Waals surface area contributed by atoms with Crippen LogP contribution in [0.25, 0.3) is 0 Å². The molecular formula is C20H21N5S. The Hall–Kier alpha value is -2.73. The van der Waals surface area contributed by atoms with E-state index in [-0.39, 0.29) is 0 Å². The van der Waals surface area contributed by atoms with E-state index in [1.165, 1.54) is 5.69 Å². The fourth-order valence-electron chi connectivity index (χ4n) is 3.12. The highest BCUT2D eigenvalue weighted by atomic mass is 32.2. The third kappa shape index (κ3) is 3.60. The van der Waals surface area contributed by atoms with E-state index in [2.05, 4.69) is 56.2 Å². The highest BCUT2D eigenvalue weighted by molar-refractivity contribution is 7.99. The van der Waals surface area contributed by atoms with Gasteiger partial charge in [0.05, 0.1) is 0 Å². The monoisotopic (exact) mass is 363 g/mol. The van der Waals surface area contributed by atoms with Crippen LogP contribution in [-0.4, -0.2) is 36.1 Å². The summed E-state index contributed by atoms with van der Waals surface area (Å²) in [4.78, 5) is 14.6. The van der Waals surface area contributed by atoms with Crippen LogP contribution < -0.4 is 15.5 Å². The van der Waals surface area contributed by atoms with Crippen molar-refractivity contribution in [1.29, 1.82) is 0 Å². The molecule has 2 heterocycles. The minimum Gasteiger partial charge on any atom is -0.394 e. The summed E-state index contributed by atoms with van der Waals surface area (Å²) in [5, 5.41) is 0.812. The third-order valence-electron chi connectivity index (χ3n) is 4.48. The molecule has 5 nitrogen and oxygen atoms in total. The van der Waals surface area contributed by atoms with Gasteiger partial charge in [0.1, 0.15) is 17.0 Å². The zero-order chi connectivity index (χ0) is 17.8. The van der Waals surface area contributed by atoms with Crippen molar-refractivity contribution in [1.82, 2.24) is 9.97 Å². The molecule has 132 valence electrons. The van der Waals surface area contributed by atoms with Gasteiger partial charge >= 0.3 is 0 Å². The first-order chi connectivity index (χ1) is 12.8. The maximum Gasteiger partial charge on any atom is 0.156 e. The number of para-hydroxylation sites is 1. The van der Waals surface area contributed by atoms with E-state index in [0.29, 0.717) is 5.69 Å². The largest absolute Gasteiger partial charge is 0.394 e. The Bertz CT molecular complexity index is 849. The van der Waals surface area contributed by atoms with Gasteiger partial charge in [-0.2, -0.15) is 0 Å². The van der Waals surface area contributed by atoms with Gasteiger partial charge < -0.3 is 15.5 Å². The Morgan fingerprint density at radius 3 is 2.08 bits per heavy atom. The number of aromatic nitrogens is 2. The van der Waals surface area contributed by atoms with Crippen molar-refractivity contribution in [2.24, 2.45) is 0 Å². The van der Waals surface area contributed by atoms with Gasteiger partial charge in [-0.3, -0.25) is 0 Å². The Morgan fingerprint density at radius 1 is 0.769 bits per heavy atom. The van der Waals surface area contributed by atoms with Gasteiger partial charge in [-0.15, -0.1) is 0 Å². The van der Waals surface area contributed by atoms with Crippen LogP contribution in [0.5, 0.6) is 0 Å². The molecule has 1 saturated heterocycles. The Balaban J connectivity index is 1.48. The van der Waals surface area contributed by atoms with Gasteiger partial charge in [0.15, 0.2) is 5.82 Å². The molecule has 1 aromatic heterocycles. The molecule has 0 amide bonds. The van der Waals surface area contributed by atoms with Gasteiger partial charge in [0, 0.05) is 36.8 Å². The fraction of sp³-hybridized carbons (Fsp3) is 0.200. The van der Waals surface area contributed by atoms with Gasteiger partial charge in [-0.25, -0.2) is 9.97 Å². The molecule has 0 spiro atoms. The molecule has 6 heteroatoms. The van der Waals surface area contributed by atoms with Crippen LogP contribution in [0.2, 0.25) is 0 Å². The molecule has 0 saturated carbocycles. The van der Waals surface area contributed by atoms with Crippen molar-refractivity contribution in [2.45, 2.75) is 9.92 Å². The lowest BCUT2D eigenvalue weighted by atomic mass is 10.2. The average molecular weight is 363 g/mol. The van der Waals surface area contributed by atoms with E-state index in [1.54, 1.807) is 18.1 Å². The van der Waals surface area contributed by atoms with E-state index in [4.69, 9.17) is 5.73 Å². The predicted octanol–water partition coefficient (Wildman–Crippen LogP) is 3.54. The number of nitrogens with two attached hydrogens (primary N) is 1. The summed E-state index contributed by atoms with van der Waals surface area (Å²) in [6.07, 6.45) is 1.61. The SMILES string of the molecule is Nc1c(Sc2ccccc2)ncnc1N1CCN(c2ccccc2)CC1. The number of anilines is 3. The van der Waals surface area contributed by atoms with Crippen LogP contribution in [0.15, 0.2) is 76.9 Å². The minimum atomic E-state index is 0.662. The van der Waals surface area contributed by atoms with E-state index >= 15 is 0 Å². The molecule has 3 aromatic rings. The molecule has 2 aromatic carbocycles. The molecule has 0 unspecified atom stereocenters. The number of hydrogen-bond donors (Lipinski definition) is 1. The summed E-state index contributed by atoms with van der Waals surface area (Å²) in [5.41, 5.74) is 8.34. The number of nitrogen functional groups attached to an aromatic ring is 1. The summed E-state index contributed by atoms with van der Waals surface area (Å²) in [7, 11) is 0. The van der Waals surface area contributed by atoms with Crippen LogP contribution in [-0.2, 0) is 0 Å². The van der Waals surface area contributed by atoms with Crippen LogP contribution in [0.1, 0.15) is 0 Å².